The van der Waals surface area contributed by atoms with Crippen molar-refractivity contribution in [2.24, 2.45) is 0 Å². The molecular weight excluding hydrogens is 292 g/mol. The predicted octanol–water partition coefficient (Wildman–Crippen LogP) is 4.93. The summed E-state index contributed by atoms with van der Waals surface area (Å²) in [6.45, 7) is 6.16. The molecule has 2 aromatic carbocycles. The monoisotopic (exact) mass is 309 g/mol. The molecule has 1 N–H and O–H groups in total. The molecule has 1 nitrogen and oxygen atoms in total. The van der Waals surface area contributed by atoms with Gasteiger partial charge in [-0.15, -0.1) is 0 Å². The number of hydrogen-bond donors (Lipinski definition) is 1. The van der Waals surface area contributed by atoms with Crippen molar-refractivity contribution >= 4 is 11.6 Å². The fourth-order valence-electron chi connectivity index (χ4n) is 2.38. The van der Waals surface area contributed by atoms with Gasteiger partial charge in [-0.1, -0.05) is 36.2 Å². The van der Waals surface area contributed by atoms with E-state index in [1.165, 1.54) is 12.1 Å². The largest absolute Gasteiger partial charge is 0.306 e. The third-order valence-electron chi connectivity index (χ3n) is 3.46. The molecule has 0 fully saturated rings. The summed E-state index contributed by atoms with van der Waals surface area (Å²) < 4.78 is 27.8. The topological polar surface area (TPSA) is 12.0 Å². The summed E-state index contributed by atoms with van der Waals surface area (Å²) in [5.74, 6) is -0.659. The second kappa shape index (κ2) is 6.54. The first-order valence-corrected chi connectivity index (χ1v) is 7.26. The van der Waals surface area contributed by atoms with E-state index in [1.54, 1.807) is 25.1 Å². The molecule has 0 aliphatic rings. The Labute approximate surface area is 128 Å². The van der Waals surface area contributed by atoms with E-state index in [4.69, 9.17) is 11.6 Å². The van der Waals surface area contributed by atoms with E-state index in [2.05, 4.69) is 5.32 Å². The van der Waals surface area contributed by atoms with Crippen LogP contribution in [-0.4, -0.2) is 6.54 Å². The van der Waals surface area contributed by atoms with Gasteiger partial charge in [0.2, 0.25) is 0 Å². The fourth-order valence-corrected chi connectivity index (χ4v) is 2.64. The van der Waals surface area contributed by atoms with Gasteiger partial charge >= 0.3 is 0 Å². The second-order valence-electron chi connectivity index (χ2n) is 5.14. The van der Waals surface area contributed by atoms with Crippen LogP contribution in [0.5, 0.6) is 0 Å². The van der Waals surface area contributed by atoms with Crippen molar-refractivity contribution in [3.8, 4) is 0 Å². The molecule has 4 heteroatoms. The number of nitrogens with one attached hydrogen (secondary N) is 1. The Balaban J connectivity index is 2.58. The Morgan fingerprint density at radius 2 is 1.76 bits per heavy atom. The molecule has 21 heavy (non-hydrogen) atoms. The summed E-state index contributed by atoms with van der Waals surface area (Å²) in [5, 5.41) is 3.52. The van der Waals surface area contributed by atoms with E-state index in [1.807, 2.05) is 13.8 Å². The fraction of sp³-hybridized carbons (Fsp3) is 0.294. The van der Waals surface area contributed by atoms with Crippen LogP contribution in [0, 0.1) is 25.5 Å². The number of benzene rings is 2. The van der Waals surface area contributed by atoms with Crippen LogP contribution in [0.15, 0.2) is 30.3 Å². The summed E-state index contributed by atoms with van der Waals surface area (Å²) in [6, 6.07) is 7.51. The first kappa shape index (κ1) is 15.9. The van der Waals surface area contributed by atoms with E-state index in [9.17, 15) is 8.78 Å². The van der Waals surface area contributed by atoms with E-state index in [0.717, 1.165) is 5.56 Å². The SMILES string of the molecule is CCNC(c1cc(C)ccc1F)c1cc(C)c(F)cc1Cl. The zero-order valence-corrected chi connectivity index (χ0v) is 13.1. The quantitative estimate of drug-likeness (QED) is 0.844. The van der Waals surface area contributed by atoms with Crippen LogP contribution in [0.4, 0.5) is 8.78 Å². The van der Waals surface area contributed by atoms with Gasteiger partial charge in [0, 0.05) is 10.6 Å². The smallest absolute Gasteiger partial charge is 0.128 e. The highest BCUT2D eigenvalue weighted by Crippen LogP contribution is 2.32. The molecule has 1 atom stereocenters. The molecule has 0 aliphatic heterocycles. The number of halogens is 3. The Hall–Kier alpha value is -1.45. The minimum Gasteiger partial charge on any atom is -0.306 e. The van der Waals surface area contributed by atoms with Crippen LogP contribution < -0.4 is 5.32 Å². The third-order valence-corrected chi connectivity index (χ3v) is 3.79. The maximum atomic E-state index is 14.2. The molecule has 2 rings (SSSR count). The molecule has 0 saturated carbocycles. The van der Waals surface area contributed by atoms with E-state index < -0.39 is 6.04 Å². The Morgan fingerprint density at radius 3 is 2.43 bits per heavy atom. The predicted molar refractivity (Wildman–Crippen MR) is 82.8 cm³/mol. The Morgan fingerprint density at radius 1 is 1.05 bits per heavy atom. The Kier molecular flexibility index (Phi) is 4.96. The van der Waals surface area contributed by atoms with Crippen LogP contribution in [0.2, 0.25) is 5.02 Å². The van der Waals surface area contributed by atoms with Crippen LogP contribution >= 0.6 is 11.6 Å². The molecule has 112 valence electrons. The zero-order chi connectivity index (χ0) is 15.6. The standard InChI is InChI=1S/C17H18ClF2N/c1-4-21-17(13-7-10(2)5-6-15(13)19)12-8-11(3)16(20)9-14(12)18/h5-9,17,21H,4H2,1-3H3. The average Bonchev–Trinajstić information content (AvgIpc) is 2.43. The molecular formula is C17H18ClF2N. The lowest BCUT2D eigenvalue weighted by Gasteiger charge is -2.22. The summed E-state index contributed by atoms with van der Waals surface area (Å²) >= 11 is 6.17. The summed E-state index contributed by atoms with van der Waals surface area (Å²) in [6.07, 6.45) is 0. The lowest BCUT2D eigenvalue weighted by atomic mass is 9.95. The molecule has 2 aromatic rings. The molecule has 0 saturated heterocycles. The highest BCUT2D eigenvalue weighted by Gasteiger charge is 2.21. The van der Waals surface area contributed by atoms with Gasteiger partial charge < -0.3 is 5.32 Å². The van der Waals surface area contributed by atoms with Gasteiger partial charge in [0.15, 0.2) is 0 Å². The van der Waals surface area contributed by atoms with Gasteiger partial charge in [0.1, 0.15) is 11.6 Å². The van der Waals surface area contributed by atoms with Crippen LogP contribution in [0.25, 0.3) is 0 Å². The minimum absolute atomic E-state index is 0.296. The molecule has 0 spiro atoms. The van der Waals surface area contributed by atoms with Crippen LogP contribution in [0.3, 0.4) is 0 Å². The molecule has 0 bridgehead atoms. The first-order valence-electron chi connectivity index (χ1n) is 6.89. The molecule has 0 radical (unpaired) electrons. The first-order chi connectivity index (χ1) is 9.93. The van der Waals surface area contributed by atoms with Crippen molar-refractivity contribution in [2.45, 2.75) is 26.8 Å². The van der Waals surface area contributed by atoms with Crippen molar-refractivity contribution in [3.05, 3.63) is 69.2 Å². The lowest BCUT2D eigenvalue weighted by Crippen LogP contribution is -2.23. The Bertz CT molecular complexity index is 655. The van der Waals surface area contributed by atoms with Crippen molar-refractivity contribution in [2.75, 3.05) is 6.54 Å². The summed E-state index contributed by atoms with van der Waals surface area (Å²) in [5.41, 5.74) is 2.65. The maximum absolute atomic E-state index is 14.2. The normalized spacial score (nSPS) is 12.5. The molecule has 0 aromatic heterocycles. The summed E-state index contributed by atoms with van der Waals surface area (Å²) in [4.78, 5) is 0. The average molecular weight is 310 g/mol. The van der Waals surface area contributed by atoms with E-state index >= 15 is 0 Å². The van der Waals surface area contributed by atoms with Crippen molar-refractivity contribution < 1.29 is 8.78 Å². The van der Waals surface area contributed by atoms with Crippen molar-refractivity contribution in [1.29, 1.82) is 0 Å². The third kappa shape index (κ3) is 3.42. The van der Waals surface area contributed by atoms with Gasteiger partial charge in [0.05, 0.1) is 6.04 Å². The van der Waals surface area contributed by atoms with Gasteiger partial charge in [0.25, 0.3) is 0 Å². The number of rotatable bonds is 4. The molecule has 0 amide bonds. The summed E-state index contributed by atoms with van der Waals surface area (Å²) in [7, 11) is 0. The van der Waals surface area contributed by atoms with Crippen molar-refractivity contribution in [1.82, 2.24) is 5.32 Å². The highest BCUT2D eigenvalue weighted by atomic mass is 35.5. The number of hydrogen-bond acceptors (Lipinski definition) is 1. The van der Waals surface area contributed by atoms with Crippen molar-refractivity contribution in [3.63, 3.8) is 0 Å². The number of aryl methyl sites for hydroxylation is 2. The molecule has 0 aliphatic carbocycles. The minimum atomic E-state index is -0.401. The van der Waals surface area contributed by atoms with Gasteiger partial charge in [-0.2, -0.15) is 0 Å². The molecule has 0 heterocycles. The van der Waals surface area contributed by atoms with E-state index in [0.29, 0.717) is 28.3 Å². The second-order valence-corrected chi connectivity index (χ2v) is 5.55. The van der Waals surface area contributed by atoms with Crippen LogP contribution in [-0.2, 0) is 0 Å². The maximum Gasteiger partial charge on any atom is 0.128 e. The lowest BCUT2D eigenvalue weighted by molar-refractivity contribution is 0.556. The highest BCUT2D eigenvalue weighted by molar-refractivity contribution is 6.31. The van der Waals surface area contributed by atoms with Gasteiger partial charge in [-0.3, -0.25) is 0 Å². The van der Waals surface area contributed by atoms with Gasteiger partial charge in [-0.25, -0.2) is 8.78 Å². The molecule has 1 unspecified atom stereocenters. The van der Waals surface area contributed by atoms with Crippen LogP contribution in [0.1, 0.15) is 35.2 Å². The van der Waals surface area contributed by atoms with Gasteiger partial charge in [-0.05, 0) is 49.7 Å². The van der Waals surface area contributed by atoms with E-state index in [-0.39, 0.29) is 11.6 Å². The zero-order valence-electron chi connectivity index (χ0n) is 12.3.